The molecule has 0 saturated heterocycles. The SMILES string of the molecule is Cc1cc(C2=C(c3ccccc3)C(=O)N(c3ccc(F)cc3)C2)ccc1S(C)(=O)=O. The van der Waals surface area contributed by atoms with Crippen LogP contribution < -0.4 is 4.90 Å². The van der Waals surface area contributed by atoms with Gasteiger partial charge in [-0.2, -0.15) is 0 Å². The molecule has 0 N–H and O–H groups in total. The molecule has 0 unspecified atom stereocenters. The van der Waals surface area contributed by atoms with Gasteiger partial charge in [0.2, 0.25) is 0 Å². The summed E-state index contributed by atoms with van der Waals surface area (Å²) in [6.45, 7) is 2.06. The molecule has 0 spiro atoms. The Morgan fingerprint density at radius 1 is 0.900 bits per heavy atom. The molecule has 152 valence electrons. The lowest BCUT2D eigenvalue weighted by molar-refractivity contribution is -0.112. The largest absolute Gasteiger partial charge is 0.304 e. The molecular weight excluding hydrogens is 401 g/mol. The van der Waals surface area contributed by atoms with Crippen molar-refractivity contribution in [1.29, 1.82) is 0 Å². The minimum atomic E-state index is -3.34. The van der Waals surface area contributed by atoms with Gasteiger partial charge in [-0.1, -0.05) is 42.5 Å². The predicted molar refractivity (Wildman–Crippen MR) is 116 cm³/mol. The highest BCUT2D eigenvalue weighted by Crippen LogP contribution is 2.37. The minimum absolute atomic E-state index is 0.173. The van der Waals surface area contributed by atoms with E-state index >= 15 is 0 Å². The van der Waals surface area contributed by atoms with Crippen molar-refractivity contribution in [2.75, 3.05) is 17.7 Å². The summed E-state index contributed by atoms with van der Waals surface area (Å²) in [6, 6.07) is 20.3. The van der Waals surface area contributed by atoms with Crippen molar-refractivity contribution in [1.82, 2.24) is 0 Å². The Morgan fingerprint density at radius 2 is 1.57 bits per heavy atom. The zero-order valence-corrected chi connectivity index (χ0v) is 17.4. The molecule has 0 radical (unpaired) electrons. The molecular formula is C24H20FNO3S. The number of aryl methyl sites for hydroxylation is 1. The van der Waals surface area contributed by atoms with Crippen LogP contribution in [0.1, 0.15) is 16.7 Å². The molecule has 3 aromatic carbocycles. The molecule has 4 nitrogen and oxygen atoms in total. The standard InChI is InChI=1S/C24H20FNO3S/c1-16-14-18(8-13-22(16)30(2,28)29)21-15-26(20-11-9-19(25)10-12-20)24(27)23(21)17-6-4-3-5-7-17/h3-14H,15H2,1-2H3. The molecule has 6 heteroatoms. The van der Waals surface area contributed by atoms with E-state index < -0.39 is 9.84 Å². The number of rotatable bonds is 4. The molecule has 4 rings (SSSR count). The number of hydrogen-bond acceptors (Lipinski definition) is 3. The van der Waals surface area contributed by atoms with Gasteiger partial charge in [0.15, 0.2) is 9.84 Å². The number of carbonyl (C=O) groups excluding carboxylic acids is 1. The predicted octanol–water partition coefficient (Wildman–Crippen LogP) is 4.50. The summed E-state index contributed by atoms with van der Waals surface area (Å²) in [5.74, 6) is -0.540. The number of hydrogen-bond donors (Lipinski definition) is 0. The number of halogens is 1. The molecule has 1 aliphatic heterocycles. The van der Waals surface area contributed by atoms with Gasteiger partial charge < -0.3 is 4.90 Å². The number of sulfone groups is 1. The van der Waals surface area contributed by atoms with Gasteiger partial charge in [-0.3, -0.25) is 4.79 Å². The zero-order valence-electron chi connectivity index (χ0n) is 16.6. The number of nitrogens with zero attached hydrogens (tertiary/aromatic N) is 1. The highest BCUT2D eigenvalue weighted by molar-refractivity contribution is 7.90. The fourth-order valence-electron chi connectivity index (χ4n) is 3.79. The maximum Gasteiger partial charge on any atom is 0.259 e. The van der Waals surface area contributed by atoms with E-state index in [0.29, 0.717) is 23.4 Å². The normalized spacial score (nSPS) is 14.5. The van der Waals surface area contributed by atoms with Crippen LogP contribution >= 0.6 is 0 Å². The molecule has 0 bridgehead atoms. The van der Waals surface area contributed by atoms with Crippen molar-refractivity contribution in [2.24, 2.45) is 0 Å². The third-order valence-electron chi connectivity index (χ3n) is 5.20. The Bertz CT molecular complexity index is 1260. The topological polar surface area (TPSA) is 54.5 Å². The van der Waals surface area contributed by atoms with Crippen molar-refractivity contribution < 1.29 is 17.6 Å². The monoisotopic (exact) mass is 421 g/mol. The minimum Gasteiger partial charge on any atom is -0.304 e. The summed E-state index contributed by atoms with van der Waals surface area (Å²) in [7, 11) is -3.34. The fourth-order valence-corrected chi connectivity index (χ4v) is 4.75. The first kappa shape index (κ1) is 20.0. The van der Waals surface area contributed by atoms with Crippen LogP contribution in [0.15, 0.2) is 77.7 Å². The summed E-state index contributed by atoms with van der Waals surface area (Å²) >= 11 is 0. The second-order valence-corrected chi connectivity index (χ2v) is 9.32. The Kier molecular flexibility index (Phi) is 5.03. The van der Waals surface area contributed by atoms with E-state index in [1.165, 1.54) is 18.4 Å². The van der Waals surface area contributed by atoms with Gasteiger partial charge in [0.25, 0.3) is 5.91 Å². The van der Waals surface area contributed by atoms with Crippen LogP contribution in [0.4, 0.5) is 10.1 Å². The maximum absolute atomic E-state index is 13.4. The van der Waals surface area contributed by atoms with E-state index in [0.717, 1.165) is 16.7 Å². The van der Waals surface area contributed by atoms with Crippen LogP contribution in [-0.2, 0) is 14.6 Å². The molecule has 1 heterocycles. The third kappa shape index (κ3) is 3.66. The number of amides is 1. The quantitative estimate of drug-likeness (QED) is 0.624. The average molecular weight is 421 g/mol. The van der Waals surface area contributed by atoms with E-state index in [4.69, 9.17) is 0 Å². The van der Waals surface area contributed by atoms with Crippen LogP contribution in [0.5, 0.6) is 0 Å². The fraction of sp³-hybridized carbons (Fsp3) is 0.125. The highest BCUT2D eigenvalue weighted by Gasteiger charge is 2.33. The molecule has 3 aromatic rings. The van der Waals surface area contributed by atoms with Crippen LogP contribution in [0.2, 0.25) is 0 Å². The van der Waals surface area contributed by atoms with E-state index in [-0.39, 0.29) is 16.6 Å². The van der Waals surface area contributed by atoms with Gasteiger partial charge in [0, 0.05) is 11.9 Å². The summed E-state index contributed by atoms with van der Waals surface area (Å²) in [5, 5.41) is 0. The van der Waals surface area contributed by atoms with E-state index in [1.54, 1.807) is 42.2 Å². The van der Waals surface area contributed by atoms with Crippen LogP contribution in [0.3, 0.4) is 0 Å². The summed E-state index contributed by atoms with van der Waals surface area (Å²) < 4.78 is 37.3. The second-order valence-electron chi connectivity index (χ2n) is 7.34. The van der Waals surface area contributed by atoms with Gasteiger partial charge in [-0.25, -0.2) is 12.8 Å². The average Bonchev–Trinajstić information content (AvgIpc) is 3.05. The van der Waals surface area contributed by atoms with Crippen molar-refractivity contribution >= 4 is 32.6 Å². The van der Waals surface area contributed by atoms with Gasteiger partial charge >= 0.3 is 0 Å². The van der Waals surface area contributed by atoms with Crippen molar-refractivity contribution in [3.05, 3.63) is 95.3 Å². The molecule has 0 atom stereocenters. The molecule has 0 saturated carbocycles. The maximum atomic E-state index is 13.4. The lowest BCUT2D eigenvalue weighted by atomic mass is 9.96. The number of benzene rings is 3. The molecule has 1 aliphatic rings. The lowest BCUT2D eigenvalue weighted by Crippen LogP contribution is -2.26. The smallest absolute Gasteiger partial charge is 0.259 e. The first-order chi connectivity index (χ1) is 14.3. The van der Waals surface area contributed by atoms with Crippen LogP contribution in [0.25, 0.3) is 11.1 Å². The van der Waals surface area contributed by atoms with Crippen molar-refractivity contribution in [3.8, 4) is 0 Å². The van der Waals surface area contributed by atoms with Crippen LogP contribution in [-0.4, -0.2) is 27.1 Å². The van der Waals surface area contributed by atoms with E-state index in [9.17, 15) is 17.6 Å². The summed E-state index contributed by atoms with van der Waals surface area (Å²) in [6.07, 6.45) is 1.18. The third-order valence-corrected chi connectivity index (χ3v) is 6.46. The van der Waals surface area contributed by atoms with E-state index in [2.05, 4.69) is 0 Å². The van der Waals surface area contributed by atoms with Crippen LogP contribution in [0, 0.1) is 12.7 Å². The second kappa shape index (κ2) is 7.54. The Balaban J connectivity index is 1.85. The number of anilines is 1. The first-order valence-electron chi connectivity index (χ1n) is 9.43. The molecule has 0 fully saturated rings. The highest BCUT2D eigenvalue weighted by atomic mass is 32.2. The molecule has 0 aliphatic carbocycles. The summed E-state index contributed by atoms with van der Waals surface area (Å²) in [4.78, 5) is 15.2. The molecule has 30 heavy (non-hydrogen) atoms. The lowest BCUT2D eigenvalue weighted by Gasteiger charge is -2.17. The molecule has 1 amide bonds. The number of carbonyl (C=O) groups is 1. The Labute approximate surface area is 175 Å². The Hall–Kier alpha value is -3.25. The van der Waals surface area contributed by atoms with Gasteiger partial charge in [-0.05, 0) is 59.5 Å². The summed E-state index contributed by atoms with van der Waals surface area (Å²) in [5.41, 5.74) is 4.17. The van der Waals surface area contributed by atoms with Gasteiger partial charge in [0.05, 0.1) is 17.0 Å². The first-order valence-corrected chi connectivity index (χ1v) is 11.3. The van der Waals surface area contributed by atoms with Crippen molar-refractivity contribution in [2.45, 2.75) is 11.8 Å². The van der Waals surface area contributed by atoms with E-state index in [1.807, 2.05) is 30.3 Å². The Morgan fingerprint density at radius 3 is 2.17 bits per heavy atom. The van der Waals surface area contributed by atoms with Gasteiger partial charge in [0.1, 0.15) is 5.82 Å². The van der Waals surface area contributed by atoms with Crippen molar-refractivity contribution in [3.63, 3.8) is 0 Å². The zero-order chi connectivity index (χ0) is 21.5. The van der Waals surface area contributed by atoms with Gasteiger partial charge in [-0.15, -0.1) is 0 Å². The molecule has 0 aromatic heterocycles.